The monoisotopic (exact) mass is 335 g/mol. The van der Waals surface area contributed by atoms with Crippen LogP contribution in [0.3, 0.4) is 0 Å². The first-order valence-corrected chi connectivity index (χ1v) is 9.85. The molecule has 2 fully saturated rings. The van der Waals surface area contributed by atoms with Crippen LogP contribution < -0.4 is 4.90 Å². The third kappa shape index (κ3) is 3.72. The lowest BCUT2D eigenvalue weighted by Gasteiger charge is -2.27. The van der Waals surface area contributed by atoms with Gasteiger partial charge in [0.15, 0.2) is 0 Å². The van der Waals surface area contributed by atoms with Crippen molar-refractivity contribution < 1.29 is 0 Å². The summed E-state index contributed by atoms with van der Waals surface area (Å²) in [5, 5.41) is 0. The lowest BCUT2D eigenvalue weighted by Crippen LogP contribution is -2.29. The summed E-state index contributed by atoms with van der Waals surface area (Å²) < 4.78 is 0. The van der Waals surface area contributed by atoms with Crippen LogP contribution in [0.1, 0.15) is 44.6 Å². The third-order valence-electron chi connectivity index (χ3n) is 5.72. The molecule has 25 heavy (non-hydrogen) atoms. The summed E-state index contributed by atoms with van der Waals surface area (Å²) in [5.74, 6) is 1.13. The van der Waals surface area contributed by atoms with E-state index in [0.717, 1.165) is 24.6 Å². The molecule has 1 atom stereocenters. The van der Waals surface area contributed by atoms with Gasteiger partial charge in [-0.1, -0.05) is 36.8 Å². The first-order chi connectivity index (χ1) is 12.3. The summed E-state index contributed by atoms with van der Waals surface area (Å²) in [4.78, 5) is 10.1. The minimum Gasteiger partial charge on any atom is -0.354 e. The molecule has 2 aromatic rings. The smallest absolute Gasteiger partial charge is 0.129 e. The van der Waals surface area contributed by atoms with E-state index in [9.17, 15) is 0 Å². The van der Waals surface area contributed by atoms with Gasteiger partial charge in [-0.15, -0.1) is 0 Å². The summed E-state index contributed by atoms with van der Waals surface area (Å²) in [6.07, 6.45) is 6.61. The maximum absolute atomic E-state index is 5.04. The lowest BCUT2D eigenvalue weighted by molar-refractivity contribution is 0.221. The van der Waals surface area contributed by atoms with E-state index in [1.54, 1.807) is 0 Å². The first-order valence-electron chi connectivity index (χ1n) is 9.85. The topological polar surface area (TPSA) is 19.4 Å². The molecule has 2 aliphatic heterocycles. The fraction of sp³-hybridized carbons (Fsp3) is 0.500. The average molecular weight is 335 g/mol. The number of likely N-dealkylation sites (tertiary alicyclic amines) is 1. The molecule has 0 aliphatic carbocycles. The van der Waals surface area contributed by atoms with Gasteiger partial charge in [-0.25, -0.2) is 4.98 Å². The van der Waals surface area contributed by atoms with E-state index in [0.29, 0.717) is 6.04 Å². The van der Waals surface area contributed by atoms with Crippen molar-refractivity contribution in [1.29, 1.82) is 0 Å². The van der Waals surface area contributed by atoms with Gasteiger partial charge in [0.2, 0.25) is 0 Å². The third-order valence-corrected chi connectivity index (χ3v) is 5.72. The van der Waals surface area contributed by atoms with Crippen molar-refractivity contribution in [3.05, 3.63) is 48.0 Å². The van der Waals surface area contributed by atoms with E-state index >= 15 is 0 Å². The second-order valence-corrected chi connectivity index (χ2v) is 7.56. The highest BCUT2D eigenvalue weighted by atomic mass is 15.2. The number of piperidine rings is 1. The van der Waals surface area contributed by atoms with Gasteiger partial charge in [0, 0.05) is 24.7 Å². The summed E-state index contributed by atoms with van der Waals surface area (Å²) in [5.41, 5.74) is 3.81. The van der Waals surface area contributed by atoms with Crippen LogP contribution in [0, 0.1) is 0 Å². The zero-order valence-electron chi connectivity index (χ0n) is 15.3. The molecule has 4 rings (SSSR count). The highest BCUT2D eigenvalue weighted by Crippen LogP contribution is 2.29. The van der Waals surface area contributed by atoms with E-state index in [2.05, 4.69) is 59.2 Å². The SMILES string of the molecule is CC1CCCN1c1cccc(-c2ccccc2CN2CCCCC2)n1. The molecule has 1 aromatic carbocycles. The minimum atomic E-state index is 0.603. The van der Waals surface area contributed by atoms with Crippen molar-refractivity contribution in [3.63, 3.8) is 0 Å². The van der Waals surface area contributed by atoms with Gasteiger partial charge in [0.1, 0.15) is 5.82 Å². The standard InChI is InChI=1S/C22H29N3/c1-18-9-8-16-25(18)22-13-7-12-21(23-22)20-11-4-3-10-19(20)17-24-14-5-2-6-15-24/h3-4,7,10-13,18H,2,5-6,8-9,14-17H2,1H3. The molecule has 0 spiro atoms. The number of pyridine rings is 1. The number of nitrogens with zero attached hydrogens (tertiary/aromatic N) is 3. The number of hydrogen-bond acceptors (Lipinski definition) is 3. The normalized spacial score (nSPS) is 21.6. The molecule has 3 nitrogen and oxygen atoms in total. The lowest BCUT2D eigenvalue weighted by atomic mass is 10.0. The molecular formula is C22H29N3. The highest BCUT2D eigenvalue weighted by Gasteiger charge is 2.22. The van der Waals surface area contributed by atoms with Crippen LogP contribution in [0.4, 0.5) is 5.82 Å². The number of rotatable bonds is 4. The molecule has 0 saturated carbocycles. The Kier molecular flexibility index (Phi) is 5.02. The van der Waals surface area contributed by atoms with Gasteiger partial charge in [-0.05, 0) is 63.4 Å². The number of benzene rings is 1. The van der Waals surface area contributed by atoms with Crippen LogP contribution in [-0.4, -0.2) is 35.6 Å². The predicted octanol–water partition coefficient (Wildman–Crippen LogP) is 4.72. The number of aromatic nitrogens is 1. The van der Waals surface area contributed by atoms with Crippen molar-refractivity contribution in [2.24, 2.45) is 0 Å². The van der Waals surface area contributed by atoms with Gasteiger partial charge < -0.3 is 4.90 Å². The van der Waals surface area contributed by atoms with Gasteiger partial charge in [-0.3, -0.25) is 4.90 Å². The largest absolute Gasteiger partial charge is 0.354 e. The molecule has 3 heterocycles. The van der Waals surface area contributed by atoms with Gasteiger partial charge in [-0.2, -0.15) is 0 Å². The van der Waals surface area contributed by atoms with Crippen molar-refractivity contribution in [3.8, 4) is 11.3 Å². The molecule has 132 valence electrons. The van der Waals surface area contributed by atoms with Crippen LogP contribution in [0.25, 0.3) is 11.3 Å². The Labute approximate surface area is 151 Å². The van der Waals surface area contributed by atoms with Crippen LogP contribution in [0.5, 0.6) is 0 Å². The fourth-order valence-corrected chi connectivity index (χ4v) is 4.27. The summed E-state index contributed by atoms with van der Waals surface area (Å²) >= 11 is 0. The van der Waals surface area contributed by atoms with E-state index in [-0.39, 0.29) is 0 Å². The summed E-state index contributed by atoms with van der Waals surface area (Å²) in [6, 6.07) is 15.9. The second-order valence-electron chi connectivity index (χ2n) is 7.56. The molecule has 2 aliphatic rings. The molecule has 0 N–H and O–H groups in total. The molecule has 0 radical (unpaired) electrons. The number of anilines is 1. The Morgan fingerprint density at radius 3 is 2.56 bits per heavy atom. The van der Waals surface area contributed by atoms with Crippen LogP contribution >= 0.6 is 0 Å². The molecule has 1 aromatic heterocycles. The zero-order chi connectivity index (χ0) is 17.1. The molecule has 3 heteroatoms. The molecular weight excluding hydrogens is 306 g/mol. The second kappa shape index (κ2) is 7.57. The Hall–Kier alpha value is -1.87. The van der Waals surface area contributed by atoms with Crippen molar-refractivity contribution in [2.75, 3.05) is 24.5 Å². The summed E-state index contributed by atoms with van der Waals surface area (Å²) in [7, 11) is 0. The van der Waals surface area contributed by atoms with E-state index in [1.165, 1.54) is 56.3 Å². The maximum Gasteiger partial charge on any atom is 0.129 e. The van der Waals surface area contributed by atoms with Crippen molar-refractivity contribution >= 4 is 5.82 Å². The minimum absolute atomic E-state index is 0.603. The Balaban J connectivity index is 1.61. The Morgan fingerprint density at radius 2 is 1.76 bits per heavy atom. The highest BCUT2D eigenvalue weighted by molar-refractivity contribution is 5.65. The molecule has 0 bridgehead atoms. The quantitative estimate of drug-likeness (QED) is 0.806. The molecule has 1 unspecified atom stereocenters. The van der Waals surface area contributed by atoms with Crippen molar-refractivity contribution in [1.82, 2.24) is 9.88 Å². The fourth-order valence-electron chi connectivity index (χ4n) is 4.27. The van der Waals surface area contributed by atoms with E-state index in [4.69, 9.17) is 4.98 Å². The summed E-state index contributed by atoms with van der Waals surface area (Å²) in [6.45, 7) is 6.95. The first kappa shape index (κ1) is 16.6. The van der Waals surface area contributed by atoms with E-state index < -0.39 is 0 Å². The van der Waals surface area contributed by atoms with Crippen LogP contribution in [-0.2, 0) is 6.54 Å². The Morgan fingerprint density at radius 1 is 0.920 bits per heavy atom. The average Bonchev–Trinajstić information content (AvgIpc) is 3.09. The maximum atomic E-state index is 5.04. The van der Waals surface area contributed by atoms with Crippen LogP contribution in [0.15, 0.2) is 42.5 Å². The molecule has 0 amide bonds. The Bertz CT molecular complexity index is 706. The van der Waals surface area contributed by atoms with Gasteiger partial charge in [0.25, 0.3) is 0 Å². The van der Waals surface area contributed by atoms with Gasteiger partial charge in [0.05, 0.1) is 5.69 Å². The predicted molar refractivity (Wildman–Crippen MR) is 105 cm³/mol. The number of hydrogen-bond donors (Lipinski definition) is 0. The van der Waals surface area contributed by atoms with Crippen LogP contribution in [0.2, 0.25) is 0 Å². The van der Waals surface area contributed by atoms with Gasteiger partial charge >= 0.3 is 0 Å². The van der Waals surface area contributed by atoms with Crippen molar-refractivity contribution in [2.45, 2.75) is 51.6 Å². The zero-order valence-corrected chi connectivity index (χ0v) is 15.3. The molecule has 2 saturated heterocycles. The van der Waals surface area contributed by atoms with E-state index in [1.807, 2.05) is 0 Å².